The van der Waals surface area contributed by atoms with Crippen LogP contribution in [-0.4, -0.2) is 60.0 Å². The van der Waals surface area contributed by atoms with E-state index in [1.807, 2.05) is 25.1 Å². The number of nitrogens with one attached hydrogen (secondary N) is 1. The first-order chi connectivity index (χ1) is 14.3. The number of hydrogen-bond donors (Lipinski definition) is 1. The van der Waals surface area contributed by atoms with Crippen LogP contribution < -0.4 is 10.2 Å². The summed E-state index contributed by atoms with van der Waals surface area (Å²) in [6, 6.07) is 7.54. The van der Waals surface area contributed by atoms with Gasteiger partial charge in [-0.3, -0.25) is 9.69 Å². The minimum absolute atomic E-state index is 0.136. The monoisotopic (exact) mass is 449 g/mol. The Hall–Kier alpha value is -1.89. The maximum atomic E-state index is 12.4. The van der Waals surface area contributed by atoms with Crippen LogP contribution in [0.4, 0.5) is 5.69 Å². The van der Waals surface area contributed by atoms with E-state index in [0.717, 1.165) is 50.5 Å². The van der Waals surface area contributed by atoms with Crippen LogP contribution in [0.3, 0.4) is 0 Å². The highest BCUT2D eigenvalue weighted by Crippen LogP contribution is 2.32. The molecule has 30 heavy (non-hydrogen) atoms. The maximum absolute atomic E-state index is 12.4. The van der Waals surface area contributed by atoms with E-state index in [1.54, 1.807) is 6.07 Å². The van der Waals surface area contributed by atoms with Gasteiger partial charge in [-0.25, -0.2) is 9.97 Å². The Morgan fingerprint density at radius 1 is 1.17 bits per heavy atom. The van der Waals surface area contributed by atoms with Gasteiger partial charge in [-0.05, 0) is 44.0 Å². The summed E-state index contributed by atoms with van der Waals surface area (Å²) in [5.41, 5.74) is 2.33. The molecule has 0 unspecified atom stereocenters. The number of amides is 1. The third kappa shape index (κ3) is 5.84. The third-order valence-electron chi connectivity index (χ3n) is 5.26. The van der Waals surface area contributed by atoms with Gasteiger partial charge in [0.15, 0.2) is 0 Å². The quantitative estimate of drug-likeness (QED) is 0.642. The molecular formula is C22H29Cl2N5O. The number of aromatic nitrogens is 2. The summed E-state index contributed by atoms with van der Waals surface area (Å²) in [6.07, 6.45) is 0.894. The number of nitrogens with zero attached hydrogens (tertiary/aromatic N) is 4. The largest absolute Gasteiger partial charge is 0.368 e. The summed E-state index contributed by atoms with van der Waals surface area (Å²) >= 11 is 12.5. The predicted octanol–water partition coefficient (Wildman–Crippen LogP) is 4.16. The first-order valence-corrected chi connectivity index (χ1v) is 11.2. The normalized spacial score (nSPS) is 14.9. The minimum Gasteiger partial charge on any atom is -0.368 e. The van der Waals surface area contributed by atoms with Crippen molar-refractivity contribution in [1.82, 2.24) is 20.2 Å². The van der Waals surface area contributed by atoms with Crippen LogP contribution in [0, 0.1) is 6.92 Å². The zero-order valence-electron chi connectivity index (χ0n) is 17.8. The van der Waals surface area contributed by atoms with E-state index in [1.165, 1.54) is 0 Å². The van der Waals surface area contributed by atoms with Gasteiger partial charge >= 0.3 is 0 Å². The Labute approximate surface area is 188 Å². The molecule has 1 aliphatic heterocycles. The van der Waals surface area contributed by atoms with E-state index >= 15 is 0 Å². The number of rotatable bonds is 7. The Kier molecular flexibility index (Phi) is 7.92. The van der Waals surface area contributed by atoms with Crippen molar-refractivity contribution in [3.63, 3.8) is 0 Å². The number of carbonyl (C=O) groups excluding carboxylic acids is 1. The van der Waals surface area contributed by atoms with Crippen molar-refractivity contribution in [2.75, 3.05) is 44.2 Å². The van der Waals surface area contributed by atoms with E-state index < -0.39 is 0 Å². The summed E-state index contributed by atoms with van der Waals surface area (Å²) in [5.74, 6) is 0.755. The Morgan fingerprint density at radius 3 is 2.60 bits per heavy atom. The molecule has 3 rings (SSSR count). The molecule has 1 aromatic carbocycles. The van der Waals surface area contributed by atoms with E-state index in [0.29, 0.717) is 28.1 Å². The highest BCUT2D eigenvalue weighted by molar-refractivity contribution is 6.43. The smallest absolute Gasteiger partial charge is 0.270 e. The Morgan fingerprint density at radius 2 is 1.90 bits per heavy atom. The van der Waals surface area contributed by atoms with Gasteiger partial charge < -0.3 is 10.2 Å². The van der Waals surface area contributed by atoms with Crippen LogP contribution >= 0.6 is 23.2 Å². The van der Waals surface area contributed by atoms with E-state index in [9.17, 15) is 4.79 Å². The second-order valence-electron chi connectivity index (χ2n) is 7.89. The molecule has 2 aromatic rings. The number of hydrogen-bond acceptors (Lipinski definition) is 5. The average Bonchev–Trinajstić information content (AvgIpc) is 2.73. The molecule has 1 aliphatic rings. The fraction of sp³-hybridized carbons (Fsp3) is 0.500. The van der Waals surface area contributed by atoms with Crippen molar-refractivity contribution in [3.8, 4) is 0 Å². The lowest BCUT2D eigenvalue weighted by atomic mass is 10.1. The van der Waals surface area contributed by atoms with Crippen LogP contribution in [-0.2, 0) is 0 Å². The van der Waals surface area contributed by atoms with Crippen molar-refractivity contribution >= 4 is 34.8 Å². The number of piperazine rings is 1. The lowest BCUT2D eigenvalue weighted by Crippen LogP contribution is -2.47. The van der Waals surface area contributed by atoms with Gasteiger partial charge in [0.2, 0.25) is 0 Å². The molecule has 162 valence electrons. The first-order valence-electron chi connectivity index (χ1n) is 10.4. The molecule has 1 amide bonds. The van der Waals surface area contributed by atoms with Crippen molar-refractivity contribution in [2.24, 2.45) is 0 Å². The van der Waals surface area contributed by atoms with Gasteiger partial charge in [-0.2, -0.15) is 0 Å². The zero-order valence-corrected chi connectivity index (χ0v) is 19.3. The van der Waals surface area contributed by atoms with E-state index in [4.69, 9.17) is 23.2 Å². The summed E-state index contributed by atoms with van der Waals surface area (Å²) in [5, 5.41) is 4.19. The molecule has 1 aromatic heterocycles. The molecule has 8 heteroatoms. The minimum atomic E-state index is -0.136. The number of halogens is 2. The summed E-state index contributed by atoms with van der Waals surface area (Å²) in [4.78, 5) is 25.8. The molecule has 0 bridgehead atoms. The highest BCUT2D eigenvalue weighted by Gasteiger charge is 2.19. The van der Waals surface area contributed by atoms with Crippen LogP contribution in [0.2, 0.25) is 10.0 Å². The first kappa shape index (κ1) is 22.8. The molecule has 0 aliphatic carbocycles. The third-order valence-corrected chi connectivity index (χ3v) is 6.07. The van der Waals surface area contributed by atoms with Crippen LogP contribution in [0.1, 0.15) is 48.2 Å². The molecule has 2 heterocycles. The van der Waals surface area contributed by atoms with Crippen LogP contribution in [0.5, 0.6) is 0 Å². The van der Waals surface area contributed by atoms with E-state index in [-0.39, 0.29) is 11.8 Å². The predicted molar refractivity (Wildman–Crippen MR) is 123 cm³/mol. The van der Waals surface area contributed by atoms with Gasteiger partial charge in [-0.1, -0.05) is 43.1 Å². The van der Waals surface area contributed by atoms with Gasteiger partial charge in [-0.15, -0.1) is 0 Å². The second-order valence-corrected chi connectivity index (χ2v) is 8.68. The average molecular weight is 450 g/mol. The SMILES string of the molecule is Cc1nc(C(=O)NCCCN2CCN(c3cccc(Cl)c3Cl)CC2)cc(C(C)C)n1. The molecule has 0 spiro atoms. The van der Waals surface area contributed by atoms with Crippen molar-refractivity contribution in [2.45, 2.75) is 33.1 Å². The molecule has 6 nitrogen and oxygen atoms in total. The zero-order chi connectivity index (χ0) is 21.7. The number of aryl methyl sites for hydroxylation is 1. The topological polar surface area (TPSA) is 61.4 Å². The Bertz CT molecular complexity index is 882. The van der Waals surface area contributed by atoms with Gasteiger partial charge in [0, 0.05) is 38.4 Å². The highest BCUT2D eigenvalue weighted by atomic mass is 35.5. The van der Waals surface area contributed by atoms with Gasteiger partial charge in [0.05, 0.1) is 15.7 Å². The molecule has 0 saturated carbocycles. The summed E-state index contributed by atoms with van der Waals surface area (Å²) in [7, 11) is 0. The number of benzene rings is 1. The fourth-order valence-corrected chi connectivity index (χ4v) is 3.96. The molecule has 1 fully saturated rings. The van der Waals surface area contributed by atoms with Gasteiger partial charge in [0.25, 0.3) is 5.91 Å². The molecule has 1 N–H and O–H groups in total. The summed E-state index contributed by atoms with van der Waals surface area (Å²) < 4.78 is 0. The number of anilines is 1. The van der Waals surface area contributed by atoms with Crippen molar-refractivity contribution in [1.29, 1.82) is 0 Å². The van der Waals surface area contributed by atoms with Crippen LogP contribution in [0.25, 0.3) is 0 Å². The van der Waals surface area contributed by atoms with Crippen LogP contribution in [0.15, 0.2) is 24.3 Å². The molecular weight excluding hydrogens is 421 g/mol. The number of carbonyl (C=O) groups is 1. The van der Waals surface area contributed by atoms with Crippen molar-refractivity contribution < 1.29 is 4.79 Å². The molecule has 0 atom stereocenters. The molecule has 0 radical (unpaired) electrons. The standard InChI is InChI=1S/C22H29Cl2N5O/c1-15(2)18-14-19(27-16(3)26-18)22(30)25-8-5-9-28-10-12-29(13-11-28)20-7-4-6-17(23)21(20)24/h4,6-7,14-15H,5,8-13H2,1-3H3,(H,25,30). The lowest BCUT2D eigenvalue weighted by molar-refractivity contribution is 0.0946. The fourth-order valence-electron chi connectivity index (χ4n) is 3.55. The lowest BCUT2D eigenvalue weighted by Gasteiger charge is -2.36. The second kappa shape index (κ2) is 10.4. The van der Waals surface area contributed by atoms with Gasteiger partial charge in [0.1, 0.15) is 11.5 Å². The van der Waals surface area contributed by atoms with E-state index in [2.05, 4.69) is 38.9 Å². The maximum Gasteiger partial charge on any atom is 0.270 e. The Balaban J connectivity index is 1.42. The summed E-state index contributed by atoms with van der Waals surface area (Å²) in [6.45, 7) is 11.2. The molecule has 1 saturated heterocycles. The van der Waals surface area contributed by atoms with Crippen molar-refractivity contribution in [3.05, 3.63) is 51.5 Å².